The van der Waals surface area contributed by atoms with Crippen LogP contribution in [0.4, 0.5) is 20.6 Å². The van der Waals surface area contributed by atoms with Crippen LogP contribution in [0.1, 0.15) is 5.56 Å². The van der Waals surface area contributed by atoms with Gasteiger partial charge in [-0.2, -0.15) is 0 Å². The van der Waals surface area contributed by atoms with Crippen molar-refractivity contribution in [3.8, 4) is 5.75 Å². The Kier molecular flexibility index (Phi) is 5.87. The number of hydrogen-bond acceptors (Lipinski definition) is 3. The average Bonchev–Trinajstić information content (AvgIpc) is 2.54. The zero-order chi connectivity index (χ0) is 17.7. The van der Waals surface area contributed by atoms with E-state index in [-0.39, 0.29) is 12.4 Å². The Bertz CT molecular complexity index is 738. The maximum atomic E-state index is 13.9. The summed E-state index contributed by atoms with van der Waals surface area (Å²) in [6.45, 7) is 0.199. The van der Waals surface area contributed by atoms with Crippen molar-refractivity contribution in [1.29, 1.82) is 0 Å². The normalized spacial score (nSPS) is 10.2. The fourth-order valence-electron chi connectivity index (χ4n) is 2.10. The number of carbonyl (C=O) groups excluding carboxylic acids is 1. The highest BCUT2D eigenvalue weighted by Crippen LogP contribution is 2.26. The minimum Gasteiger partial charge on any atom is -0.497 e. The first-order chi connectivity index (χ1) is 11.4. The first-order valence-electron chi connectivity index (χ1n) is 7.25. The van der Waals surface area contributed by atoms with Crippen molar-refractivity contribution in [3.63, 3.8) is 0 Å². The molecule has 0 heterocycles. The predicted molar refractivity (Wildman–Crippen MR) is 94.6 cm³/mol. The van der Waals surface area contributed by atoms with Crippen LogP contribution in [0.2, 0.25) is 5.02 Å². The van der Waals surface area contributed by atoms with Gasteiger partial charge in [-0.25, -0.2) is 9.18 Å². The molecular weight excluding hydrogens is 333 g/mol. The lowest BCUT2D eigenvalue weighted by molar-refractivity contribution is 0.251. The molecule has 2 amide bonds. The molecule has 2 rings (SSSR count). The highest BCUT2D eigenvalue weighted by atomic mass is 35.5. The third-order valence-electron chi connectivity index (χ3n) is 3.37. The summed E-state index contributed by atoms with van der Waals surface area (Å²) in [7, 11) is 5.07. The van der Waals surface area contributed by atoms with Crippen molar-refractivity contribution in [2.75, 3.05) is 31.4 Å². The Balaban J connectivity index is 1.95. The molecule has 0 aromatic heterocycles. The zero-order valence-corrected chi connectivity index (χ0v) is 14.4. The number of methoxy groups -OCH3 is 1. The standard InChI is InChI=1S/C17H19ClFN3O2/c1-22(2)16-7-4-11(8-14(16)19)10-20-17(23)21-15-6-5-12(24-3)9-13(15)18/h4-9H,10H2,1-3H3,(H2,20,21,23). The van der Waals surface area contributed by atoms with Crippen molar-refractivity contribution >= 4 is 29.0 Å². The van der Waals surface area contributed by atoms with Crippen LogP contribution in [0, 0.1) is 5.82 Å². The van der Waals surface area contributed by atoms with E-state index in [0.717, 1.165) is 0 Å². The van der Waals surface area contributed by atoms with Crippen LogP contribution in [0.5, 0.6) is 5.75 Å². The van der Waals surface area contributed by atoms with Gasteiger partial charge in [0.2, 0.25) is 0 Å². The summed E-state index contributed by atoms with van der Waals surface area (Å²) in [5.41, 5.74) is 1.62. The number of hydrogen-bond donors (Lipinski definition) is 2. The topological polar surface area (TPSA) is 53.6 Å². The quantitative estimate of drug-likeness (QED) is 0.859. The van der Waals surface area contributed by atoms with Gasteiger partial charge in [-0.05, 0) is 29.8 Å². The molecule has 2 aromatic rings. The minimum absolute atomic E-state index is 0.199. The van der Waals surface area contributed by atoms with Gasteiger partial charge in [-0.15, -0.1) is 0 Å². The van der Waals surface area contributed by atoms with E-state index < -0.39 is 6.03 Å². The molecule has 0 aliphatic carbocycles. The molecule has 24 heavy (non-hydrogen) atoms. The summed E-state index contributed by atoms with van der Waals surface area (Å²) in [6, 6.07) is 9.34. The van der Waals surface area contributed by atoms with Crippen LogP contribution in [0.25, 0.3) is 0 Å². The van der Waals surface area contributed by atoms with Gasteiger partial charge >= 0.3 is 6.03 Å². The van der Waals surface area contributed by atoms with E-state index in [0.29, 0.717) is 27.7 Å². The minimum atomic E-state index is -0.431. The second-order valence-corrected chi connectivity index (χ2v) is 5.74. The fraction of sp³-hybridized carbons (Fsp3) is 0.235. The first-order valence-corrected chi connectivity index (χ1v) is 7.62. The van der Waals surface area contributed by atoms with Gasteiger partial charge in [-0.1, -0.05) is 17.7 Å². The van der Waals surface area contributed by atoms with Gasteiger partial charge in [0.15, 0.2) is 0 Å². The summed E-state index contributed by atoms with van der Waals surface area (Å²) < 4.78 is 18.9. The number of ether oxygens (including phenoxy) is 1. The smallest absolute Gasteiger partial charge is 0.319 e. The van der Waals surface area contributed by atoms with Gasteiger partial charge in [0.05, 0.1) is 23.5 Å². The molecule has 0 atom stereocenters. The first kappa shape index (κ1) is 17.9. The summed E-state index contributed by atoms with van der Waals surface area (Å²) >= 11 is 6.06. The van der Waals surface area contributed by atoms with Crippen molar-refractivity contribution in [3.05, 3.63) is 52.8 Å². The molecule has 2 N–H and O–H groups in total. The van der Waals surface area contributed by atoms with Gasteiger partial charge in [0, 0.05) is 26.7 Å². The van der Waals surface area contributed by atoms with Crippen LogP contribution in [0.15, 0.2) is 36.4 Å². The molecule has 5 nitrogen and oxygen atoms in total. The molecule has 0 radical (unpaired) electrons. The van der Waals surface area contributed by atoms with E-state index >= 15 is 0 Å². The van der Waals surface area contributed by atoms with E-state index in [1.54, 1.807) is 49.3 Å². The van der Waals surface area contributed by atoms with Crippen LogP contribution in [0.3, 0.4) is 0 Å². The lowest BCUT2D eigenvalue weighted by atomic mass is 10.2. The number of rotatable bonds is 5. The van der Waals surface area contributed by atoms with Gasteiger partial charge in [0.1, 0.15) is 11.6 Å². The molecule has 2 aromatic carbocycles. The summed E-state index contributed by atoms with van der Waals surface area (Å²) in [5.74, 6) is 0.264. The van der Waals surface area contributed by atoms with E-state index in [1.165, 1.54) is 13.2 Å². The number of nitrogens with one attached hydrogen (secondary N) is 2. The third kappa shape index (κ3) is 4.52. The Morgan fingerprint density at radius 3 is 2.58 bits per heavy atom. The zero-order valence-electron chi connectivity index (χ0n) is 13.7. The van der Waals surface area contributed by atoms with Gasteiger partial charge in [-0.3, -0.25) is 0 Å². The maximum Gasteiger partial charge on any atom is 0.319 e. The van der Waals surface area contributed by atoms with Crippen LogP contribution >= 0.6 is 11.6 Å². The Morgan fingerprint density at radius 2 is 2.00 bits per heavy atom. The van der Waals surface area contributed by atoms with Gasteiger partial charge in [0.25, 0.3) is 0 Å². The maximum absolute atomic E-state index is 13.9. The number of benzene rings is 2. The molecule has 0 bridgehead atoms. The van der Waals surface area contributed by atoms with Gasteiger partial charge < -0.3 is 20.3 Å². The molecule has 7 heteroatoms. The number of nitrogens with zero attached hydrogens (tertiary/aromatic N) is 1. The van der Waals surface area contributed by atoms with Crippen molar-refractivity contribution in [2.45, 2.75) is 6.54 Å². The van der Waals surface area contributed by atoms with Crippen LogP contribution in [-0.4, -0.2) is 27.2 Å². The lowest BCUT2D eigenvalue weighted by Gasteiger charge is -2.14. The Morgan fingerprint density at radius 1 is 1.25 bits per heavy atom. The lowest BCUT2D eigenvalue weighted by Crippen LogP contribution is -2.28. The fourth-order valence-corrected chi connectivity index (χ4v) is 2.31. The number of anilines is 2. The highest BCUT2D eigenvalue weighted by Gasteiger charge is 2.08. The van der Waals surface area contributed by atoms with Crippen molar-refractivity contribution in [1.82, 2.24) is 5.32 Å². The summed E-state index contributed by atoms with van der Waals surface area (Å²) in [4.78, 5) is 13.6. The van der Waals surface area contributed by atoms with Crippen LogP contribution < -0.4 is 20.3 Å². The SMILES string of the molecule is COc1ccc(NC(=O)NCc2ccc(N(C)C)c(F)c2)c(Cl)c1. The second kappa shape index (κ2) is 7.88. The molecule has 0 unspecified atom stereocenters. The van der Waals surface area contributed by atoms with E-state index in [1.807, 2.05) is 0 Å². The molecule has 0 saturated carbocycles. The molecule has 0 aliphatic rings. The summed E-state index contributed by atoms with van der Waals surface area (Å²) in [6.07, 6.45) is 0. The van der Waals surface area contributed by atoms with E-state index in [9.17, 15) is 9.18 Å². The highest BCUT2D eigenvalue weighted by molar-refractivity contribution is 6.33. The molecule has 0 aliphatic heterocycles. The predicted octanol–water partition coefficient (Wildman–Crippen LogP) is 3.88. The second-order valence-electron chi connectivity index (χ2n) is 5.33. The Hall–Kier alpha value is -2.47. The molecular formula is C17H19ClFN3O2. The number of halogens is 2. The molecule has 0 saturated heterocycles. The number of amides is 2. The van der Waals surface area contributed by atoms with E-state index in [2.05, 4.69) is 10.6 Å². The largest absolute Gasteiger partial charge is 0.497 e. The average molecular weight is 352 g/mol. The third-order valence-corrected chi connectivity index (χ3v) is 3.68. The number of carbonyl (C=O) groups is 1. The molecule has 0 fully saturated rings. The van der Waals surface area contributed by atoms with Crippen LogP contribution in [-0.2, 0) is 6.54 Å². The summed E-state index contributed by atoms with van der Waals surface area (Å²) in [5, 5.41) is 5.66. The monoisotopic (exact) mass is 351 g/mol. The van der Waals surface area contributed by atoms with E-state index in [4.69, 9.17) is 16.3 Å². The number of urea groups is 1. The molecule has 128 valence electrons. The molecule has 0 spiro atoms. The van der Waals surface area contributed by atoms with Crippen molar-refractivity contribution < 1.29 is 13.9 Å². The van der Waals surface area contributed by atoms with Crippen molar-refractivity contribution in [2.24, 2.45) is 0 Å². The Labute approximate surface area is 145 Å².